The number of likely N-dealkylation sites (N-methyl/N-ethyl adjacent to an activating group) is 1. The van der Waals surface area contributed by atoms with Crippen molar-refractivity contribution in [3.05, 3.63) is 29.3 Å². The van der Waals surface area contributed by atoms with Crippen LogP contribution in [-0.4, -0.2) is 48.2 Å². The maximum Gasteiger partial charge on any atom is 0.240 e. The number of carbonyl (C=O) groups excluding carboxylic acids is 3. The first kappa shape index (κ1) is 17.2. The number of rotatable bonds is 5. The second kappa shape index (κ2) is 7.65. The van der Waals surface area contributed by atoms with E-state index in [1.54, 1.807) is 18.2 Å². The van der Waals surface area contributed by atoms with Gasteiger partial charge in [-0.15, -0.1) is 12.4 Å². The van der Waals surface area contributed by atoms with Crippen LogP contribution in [0.2, 0.25) is 0 Å². The Morgan fingerprint density at radius 1 is 1.52 bits per heavy atom. The molecule has 2 heterocycles. The number of nitrogens with two attached hydrogens (primary N) is 1. The molecular weight excluding hydrogens is 394 g/mol. The summed E-state index contributed by atoms with van der Waals surface area (Å²) >= 11 is 0. The summed E-state index contributed by atoms with van der Waals surface area (Å²) in [6, 6.07) is 4.89. The number of amides is 3. The number of primary amides is 1. The summed E-state index contributed by atoms with van der Waals surface area (Å²) in [6.07, 6.45) is 2.16. The van der Waals surface area contributed by atoms with Crippen molar-refractivity contribution in [2.75, 3.05) is 18.8 Å². The third-order valence-electron chi connectivity index (χ3n) is 6.08. The van der Waals surface area contributed by atoms with Crippen LogP contribution in [0.25, 0.3) is 0 Å². The van der Waals surface area contributed by atoms with Gasteiger partial charge in [-0.25, -0.2) is 0 Å². The lowest BCUT2D eigenvalue weighted by Gasteiger charge is -2.28. The fraction of sp³-hybridized carbons (Fsp3) is 0.500. The first-order chi connectivity index (χ1) is 14.6. The average Bonchev–Trinajstić information content (AvgIpc) is 3.34. The van der Waals surface area contributed by atoms with Gasteiger partial charge in [0.05, 0.1) is 22.7 Å². The van der Waals surface area contributed by atoms with Gasteiger partial charge >= 0.3 is 0 Å². The molecule has 2 aliphatic heterocycles. The summed E-state index contributed by atoms with van der Waals surface area (Å²) in [4.78, 5) is 39.9. The Hall–Kier alpha value is -2.63. The number of benzene rings is 1. The Bertz CT molecular complexity index is 1010. The lowest BCUT2D eigenvalue weighted by atomic mass is 9.79. The number of halogens is 1. The zero-order valence-electron chi connectivity index (χ0n) is 18.6. The molecule has 1 spiro atoms. The molecule has 3 aliphatic rings. The van der Waals surface area contributed by atoms with E-state index in [-0.39, 0.29) is 31.3 Å². The Labute approximate surface area is 179 Å². The number of para-hydroxylation sites is 1. The Morgan fingerprint density at radius 2 is 2.28 bits per heavy atom. The highest BCUT2D eigenvalue weighted by Crippen LogP contribution is 2.47. The minimum absolute atomic E-state index is 0. The van der Waals surface area contributed by atoms with Gasteiger partial charge in [0.25, 0.3) is 0 Å². The summed E-state index contributed by atoms with van der Waals surface area (Å²) < 4.78 is 22.6. The lowest BCUT2D eigenvalue weighted by Crippen LogP contribution is -2.51. The van der Waals surface area contributed by atoms with Crippen molar-refractivity contribution < 1.29 is 18.5 Å². The minimum Gasteiger partial charge on any atom is -0.368 e. The summed E-state index contributed by atoms with van der Waals surface area (Å²) in [5.74, 6) is -1.47. The van der Waals surface area contributed by atoms with Crippen molar-refractivity contribution in [1.82, 2.24) is 10.2 Å². The summed E-state index contributed by atoms with van der Waals surface area (Å²) in [5, 5.41) is 14.5. The van der Waals surface area contributed by atoms with E-state index in [1.807, 2.05) is 6.07 Å². The molecule has 0 unspecified atom stereocenters. The van der Waals surface area contributed by atoms with Gasteiger partial charge in [0.1, 0.15) is 12.1 Å². The van der Waals surface area contributed by atoms with Crippen LogP contribution in [-0.2, 0) is 19.8 Å². The highest BCUT2D eigenvalue weighted by Gasteiger charge is 2.58. The molecule has 4 rings (SSSR count). The topological polar surface area (TPSA) is 128 Å². The van der Waals surface area contributed by atoms with Crippen LogP contribution in [0.3, 0.4) is 0 Å². The molecule has 3 amide bonds. The van der Waals surface area contributed by atoms with Crippen molar-refractivity contribution in [2.45, 2.75) is 43.2 Å². The number of carbonyl (C=O) groups is 3. The number of hydrogen-bond donors (Lipinski definition) is 3. The van der Waals surface area contributed by atoms with Crippen molar-refractivity contribution in [3.63, 3.8) is 0 Å². The van der Waals surface area contributed by atoms with E-state index in [2.05, 4.69) is 10.6 Å². The number of nitrogens with one attached hydrogen (secondary N) is 2. The van der Waals surface area contributed by atoms with Crippen LogP contribution >= 0.6 is 12.4 Å². The largest absolute Gasteiger partial charge is 0.368 e. The van der Waals surface area contributed by atoms with Gasteiger partial charge in [-0.3, -0.25) is 14.4 Å². The van der Waals surface area contributed by atoms with Crippen molar-refractivity contribution >= 4 is 35.8 Å². The lowest BCUT2D eigenvalue weighted by molar-refractivity contribution is -0.139. The Morgan fingerprint density at radius 3 is 2.90 bits per heavy atom. The van der Waals surface area contributed by atoms with Crippen LogP contribution in [0.15, 0.2) is 18.2 Å². The standard InChI is InChI=1S/C20H23N5O3.ClH/c1-23-14(7-11-5-6-11)18(27)25-10-20(8-15(25)17(22)26)13-4-2-3-12(9-21)16(13)24-19(20)28;/h2-4,11,14-15,23H,5-8,10H2,1H3,(H2,22,26)(H,24,28);1H/t14-,15-,20-;/m0./s1/i1D3;. The SMILES string of the molecule is Cl.[2H]C([2H])([2H])N[C@@H](CC1CC1)C(=O)N1C[C@]2(C[C@H]1C(N)=O)C(=O)Nc1c(C#N)cccc12. The molecule has 1 aliphatic carbocycles. The monoisotopic (exact) mass is 420 g/mol. The molecule has 8 nitrogen and oxygen atoms in total. The fourth-order valence-corrected chi connectivity index (χ4v) is 4.39. The summed E-state index contributed by atoms with van der Waals surface area (Å²) in [5.41, 5.74) is 5.58. The van der Waals surface area contributed by atoms with Crippen molar-refractivity contribution in [3.8, 4) is 6.07 Å². The first-order valence-corrected chi connectivity index (χ1v) is 9.28. The maximum absolute atomic E-state index is 13.4. The van der Waals surface area contributed by atoms with E-state index in [4.69, 9.17) is 9.85 Å². The first-order valence-electron chi connectivity index (χ1n) is 10.8. The zero-order valence-corrected chi connectivity index (χ0v) is 16.4. The van der Waals surface area contributed by atoms with E-state index in [1.165, 1.54) is 4.90 Å². The second-order valence-corrected chi connectivity index (χ2v) is 7.84. The van der Waals surface area contributed by atoms with Gasteiger partial charge in [-0.2, -0.15) is 5.26 Å². The van der Waals surface area contributed by atoms with Gasteiger partial charge in [-0.1, -0.05) is 25.0 Å². The molecule has 9 heteroatoms. The van der Waals surface area contributed by atoms with Crippen LogP contribution in [0.1, 0.15) is 40.9 Å². The minimum atomic E-state index is -2.53. The molecule has 3 atom stereocenters. The number of hydrogen-bond acceptors (Lipinski definition) is 5. The highest BCUT2D eigenvalue weighted by molar-refractivity contribution is 6.09. The maximum atomic E-state index is 13.4. The molecular formula is C20H24ClN5O3. The molecule has 154 valence electrons. The molecule has 1 aromatic rings. The van der Waals surface area contributed by atoms with Crippen LogP contribution < -0.4 is 16.4 Å². The Kier molecular flexibility index (Phi) is 4.55. The Balaban J connectivity index is 0.00000289. The van der Waals surface area contributed by atoms with E-state index in [9.17, 15) is 19.6 Å². The second-order valence-electron chi connectivity index (χ2n) is 7.84. The molecule has 2 fully saturated rings. The molecule has 4 N–H and O–H groups in total. The molecule has 29 heavy (non-hydrogen) atoms. The van der Waals surface area contributed by atoms with Gasteiger partial charge in [0, 0.05) is 10.7 Å². The number of nitriles is 1. The van der Waals surface area contributed by atoms with Gasteiger partial charge in [0.2, 0.25) is 17.7 Å². The van der Waals surface area contributed by atoms with Crippen molar-refractivity contribution in [2.24, 2.45) is 11.7 Å². The molecule has 0 aromatic heterocycles. The fourth-order valence-electron chi connectivity index (χ4n) is 4.39. The molecule has 1 aromatic carbocycles. The zero-order chi connectivity index (χ0) is 22.6. The van der Waals surface area contributed by atoms with Gasteiger partial charge in [-0.05, 0) is 37.4 Å². The smallest absolute Gasteiger partial charge is 0.240 e. The van der Waals surface area contributed by atoms with Crippen LogP contribution in [0, 0.1) is 17.2 Å². The van der Waals surface area contributed by atoms with Gasteiger partial charge < -0.3 is 21.3 Å². The van der Waals surface area contributed by atoms with Crippen LogP contribution in [0.4, 0.5) is 5.69 Å². The molecule has 0 bridgehead atoms. The number of anilines is 1. The van der Waals surface area contributed by atoms with E-state index in [0.717, 1.165) is 12.8 Å². The average molecular weight is 421 g/mol. The van der Waals surface area contributed by atoms with E-state index in [0.29, 0.717) is 23.2 Å². The predicted molar refractivity (Wildman–Crippen MR) is 108 cm³/mol. The normalized spacial score (nSPS) is 27.7. The van der Waals surface area contributed by atoms with Crippen LogP contribution in [0.5, 0.6) is 0 Å². The molecule has 1 saturated carbocycles. The van der Waals surface area contributed by atoms with E-state index < -0.39 is 42.2 Å². The third-order valence-corrected chi connectivity index (χ3v) is 6.08. The predicted octanol–water partition coefficient (Wildman–Crippen LogP) is 0.644. The highest BCUT2D eigenvalue weighted by atomic mass is 35.5. The molecule has 1 saturated heterocycles. The van der Waals surface area contributed by atoms with E-state index >= 15 is 0 Å². The van der Waals surface area contributed by atoms with Crippen molar-refractivity contribution in [1.29, 1.82) is 5.26 Å². The number of nitrogens with zero attached hydrogens (tertiary/aromatic N) is 2. The quantitative estimate of drug-likeness (QED) is 0.644. The third kappa shape index (κ3) is 3.34. The van der Waals surface area contributed by atoms with Gasteiger partial charge in [0.15, 0.2) is 0 Å². The number of likely N-dealkylation sites (tertiary alicyclic amines) is 1. The molecule has 0 radical (unpaired) electrons. The summed E-state index contributed by atoms with van der Waals surface area (Å²) in [6.45, 7) is -2.65. The number of fused-ring (bicyclic) bond motifs is 2. The summed E-state index contributed by atoms with van der Waals surface area (Å²) in [7, 11) is 0.